The minimum Gasteiger partial charge on any atom is -0.462 e. The van der Waals surface area contributed by atoms with Crippen LogP contribution in [0.1, 0.15) is 37.6 Å². The van der Waals surface area contributed by atoms with Crippen LogP contribution < -0.4 is 5.32 Å². The second kappa shape index (κ2) is 10.5. The third-order valence-corrected chi connectivity index (χ3v) is 7.50. The first-order valence-corrected chi connectivity index (χ1v) is 12.0. The Morgan fingerprint density at radius 2 is 1.87 bits per heavy atom. The maximum Gasteiger partial charge on any atom is 0.338 e. The molecule has 1 aliphatic rings. The standard InChI is InChI=1S/C20H29N3O6S2/c1-5-29-20(26)14-6-8-15(9-7-14)21-18(24)12-22(4)19(25)17-10-16(30)11-23(17)31(27,28)13(2)3/h6-9,13,16-17,30H,5,10-12H2,1-4H3,(H,21,24)/t16-,17-/m0/s1. The maximum atomic E-state index is 12.9. The molecule has 1 aliphatic heterocycles. The van der Waals surface area contributed by atoms with E-state index in [4.69, 9.17) is 4.74 Å². The molecule has 31 heavy (non-hydrogen) atoms. The number of thiol groups is 1. The predicted molar refractivity (Wildman–Crippen MR) is 121 cm³/mol. The van der Waals surface area contributed by atoms with Crippen LogP contribution in [0.15, 0.2) is 24.3 Å². The highest BCUT2D eigenvalue weighted by Gasteiger charge is 2.44. The number of nitrogens with one attached hydrogen (secondary N) is 1. The second-order valence-electron chi connectivity index (χ2n) is 7.61. The van der Waals surface area contributed by atoms with E-state index in [9.17, 15) is 22.8 Å². The van der Waals surface area contributed by atoms with Crippen molar-refractivity contribution >= 4 is 46.1 Å². The minimum absolute atomic E-state index is 0.160. The molecule has 2 rings (SSSR count). The summed E-state index contributed by atoms with van der Waals surface area (Å²) in [5, 5.41) is 1.75. The fraction of sp³-hybridized carbons (Fsp3) is 0.550. The van der Waals surface area contributed by atoms with Gasteiger partial charge in [0.1, 0.15) is 6.04 Å². The quantitative estimate of drug-likeness (QED) is 0.437. The van der Waals surface area contributed by atoms with E-state index in [1.807, 2.05) is 0 Å². The third kappa shape index (κ3) is 6.20. The molecule has 1 saturated heterocycles. The summed E-state index contributed by atoms with van der Waals surface area (Å²) >= 11 is 4.36. The van der Waals surface area contributed by atoms with Gasteiger partial charge in [-0.15, -0.1) is 0 Å². The van der Waals surface area contributed by atoms with Gasteiger partial charge in [-0.3, -0.25) is 9.59 Å². The number of benzene rings is 1. The number of hydrogen-bond donors (Lipinski definition) is 2. The Kier molecular flexibility index (Phi) is 8.49. The number of carbonyl (C=O) groups is 3. The lowest BCUT2D eigenvalue weighted by molar-refractivity contribution is -0.136. The number of likely N-dealkylation sites (N-methyl/N-ethyl adjacent to an activating group) is 1. The molecule has 9 nitrogen and oxygen atoms in total. The monoisotopic (exact) mass is 471 g/mol. The first-order valence-electron chi connectivity index (χ1n) is 9.98. The zero-order chi connectivity index (χ0) is 23.3. The molecule has 0 aliphatic carbocycles. The number of ether oxygens (including phenoxy) is 1. The molecule has 0 radical (unpaired) electrons. The van der Waals surface area contributed by atoms with E-state index in [1.165, 1.54) is 28.4 Å². The van der Waals surface area contributed by atoms with Crippen molar-refractivity contribution in [2.24, 2.45) is 0 Å². The number of amides is 2. The molecule has 11 heteroatoms. The van der Waals surface area contributed by atoms with Crippen LogP contribution in [0.3, 0.4) is 0 Å². The van der Waals surface area contributed by atoms with Crippen LogP contribution in [0.4, 0.5) is 5.69 Å². The SMILES string of the molecule is CCOC(=O)c1ccc(NC(=O)CN(C)C(=O)[C@@H]2C[C@H](S)CN2S(=O)(=O)C(C)C)cc1. The molecule has 1 heterocycles. The van der Waals surface area contributed by atoms with Crippen molar-refractivity contribution in [1.82, 2.24) is 9.21 Å². The highest BCUT2D eigenvalue weighted by molar-refractivity contribution is 7.89. The Hall–Kier alpha value is -2.11. The number of hydrogen-bond acceptors (Lipinski definition) is 7. The summed E-state index contributed by atoms with van der Waals surface area (Å²) in [5.74, 6) is -1.35. The van der Waals surface area contributed by atoms with Gasteiger partial charge in [-0.2, -0.15) is 16.9 Å². The molecule has 1 N–H and O–H groups in total. The van der Waals surface area contributed by atoms with Crippen LogP contribution in [-0.4, -0.2) is 78.7 Å². The van der Waals surface area contributed by atoms with Crippen molar-refractivity contribution in [2.75, 3.05) is 32.1 Å². The molecule has 1 aromatic carbocycles. The number of rotatable bonds is 8. The van der Waals surface area contributed by atoms with Gasteiger partial charge < -0.3 is 15.0 Å². The van der Waals surface area contributed by atoms with Crippen molar-refractivity contribution in [3.05, 3.63) is 29.8 Å². The molecule has 0 bridgehead atoms. The number of esters is 1. The maximum absolute atomic E-state index is 12.9. The fourth-order valence-corrected chi connectivity index (χ4v) is 5.16. The van der Waals surface area contributed by atoms with Crippen molar-refractivity contribution < 1.29 is 27.5 Å². The van der Waals surface area contributed by atoms with E-state index in [0.717, 1.165) is 0 Å². The lowest BCUT2D eigenvalue weighted by Crippen LogP contribution is -2.49. The minimum atomic E-state index is -3.63. The van der Waals surface area contributed by atoms with Crippen molar-refractivity contribution in [3.63, 3.8) is 0 Å². The molecule has 1 aromatic rings. The first-order chi connectivity index (χ1) is 14.5. The Bertz CT molecular complexity index is 917. The summed E-state index contributed by atoms with van der Waals surface area (Å²) in [7, 11) is -2.17. The molecule has 0 spiro atoms. The smallest absolute Gasteiger partial charge is 0.338 e. The van der Waals surface area contributed by atoms with E-state index >= 15 is 0 Å². The summed E-state index contributed by atoms with van der Waals surface area (Å²) in [6, 6.07) is 5.30. The van der Waals surface area contributed by atoms with Gasteiger partial charge in [-0.05, 0) is 51.5 Å². The molecule has 0 unspecified atom stereocenters. The van der Waals surface area contributed by atoms with Gasteiger partial charge in [-0.25, -0.2) is 13.2 Å². The summed E-state index contributed by atoms with van der Waals surface area (Å²) in [6.07, 6.45) is 0.287. The molecule has 0 aromatic heterocycles. The Balaban J connectivity index is 2.00. The molecule has 1 fully saturated rings. The van der Waals surface area contributed by atoms with Crippen LogP contribution in [0.2, 0.25) is 0 Å². The largest absolute Gasteiger partial charge is 0.462 e. The molecular weight excluding hydrogens is 442 g/mol. The van der Waals surface area contributed by atoms with Crippen molar-refractivity contribution in [3.8, 4) is 0 Å². The predicted octanol–water partition coefficient (Wildman–Crippen LogP) is 1.37. The van der Waals surface area contributed by atoms with E-state index in [1.54, 1.807) is 32.9 Å². The average Bonchev–Trinajstić information content (AvgIpc) is 3.10. The third-order valence-electron chi connectivity index (χ3n) is 4.88. The lowest BCUT2D eigenvalue weighted by Gasteiger charge is -2.28. The van der Waals surface area contributed by atoms with Crippen LogP contribution in [-0.2, 0) is 24.3 Å². The van der Waals surface area contributed by atoms with Crippen molar-refractivity contribution in [2.45, 2.75) is 43.7 Å². The molecule has 2 amide bonds. The van der Waals surface area contributed by atoms with Gasteiger partial charge in [0.15, 0.2) is 0 Å². The highest BCUT2D eigenvalue weighted by Crippen LogP contribution is 2.28. The highest BCUT2D eigenvalue weighted by atomic mass is 32.2. The topological polar surface area (TPSA) is 113 Å². The van der Waals surface area contributed by atoms with Gasteiger partial charge in [0.05, 0.1) is 24.0 Å². The Morgan fingerprint density at radius 1 is 1.26 bits per heavy atom. The van der Waals surface area contributed by atoms with Crippen LogP contribution in [0, 0.1) is 0 Å². The summed E-state index contributed by atoms with van der Waals surface area (Å²) in [6.45, 7) is 5.01. The van der Waals surface area contributed by atoms with Crippen molar-refractivity contribution in [1.29, 1.82) is 0 Å². The van der Waals surface area contributed by atoms with Gasteiger partial charge in [0, 0.05) is 24.5 Å². The lowest BCUT2D eigenvalue weighted by atomic mass is 10.2. The van der Waals surface area contributed by atoms with Crippen LogP contribution in [0.5, 0.6) is 0 Å². The van der Waals surface area contributed by atoms with E-state index in [0.29, 0.717) is 11.3 Å². The normalized spacial score (nSPS) is 19.3. The number of sulfonamides is 1. The molecular formula is C20H29N3O6S2. The van der Waals surface area contributed by atoms with Crippen LogP contribution >= 0.6 is 12.6 Å². The average molecular weight is 472 g/mol. The van der Waals surface area contributed by atoms with E-state index < -0.39 is 39.1 Å². The summed E-state index contributed by atoms with van der Waals surface area (Å²) in [4.78, 5) is 38.2. The van der Waals surface area contributed by atoms with Gasteiger partial charge in [0.2, 0.25) is 21.8 Å². The zero-order valence-electron chi connectivity index (χ0n) is 18.1. The Labute approximate surface area is 188 Å². The van der Waals surface area contributed by atoms with Gasteiger partial charge >= 0.3 is 5.97 Å². The fourth-order valence-electron chi connectivity index (χ4n) is 3.21. The molecule has 0 saturated carbocycles. The second-order valence-corrected chi connectivity index (χ2v) is 10.8. The Morgan fingerprint density at radius 3 is 2.42 bits per heavy atom. The van der Waals surface area contributed by atoms with E-state index in [-0.39, 0.29) is 31.4 Å². The number of nitrogens with zero attached hydrogens (tertiary/aromatic N) is 2. The number of carbonyl (C=O) groups excluding carboxylic acids is 3. The summed E-state index contributed by atoms with van der Waals surface area (Å²) in [5.41, 5.74) is 0.820. The zero-order valence-corrected chi connectivity index (χ0v) is 19.8. The number of anilines is 1. The molecule has 2 atom stereocenters. The van der Waals surface area contributed by atoms with Crippen LogP contribution in [0.25, 0.3) is 0 Å². The van der Waals surface area contributed by atoms with Gasteiger partial charge in [0.25, 0.3) is 0 Å². The summed E-state index contributed by atoms with van der Waals surface area (Å²) < 4.78 is 31.3. The van der Waals surface area contributed by atoms with Gasteiger partial charge in [-0.1, -0.05) is 0 Å². The van der Waals surface area contributed by atoms with E-state index in [2.05, 4.69) is 17.9 Å². The molecule has 172 valence electrons. The first kappa shape index (κ1) is 25.2.